The first kappa shape index (κ1) is 23.7. The molecule has 0 atom stereocenters. The summed E-state index contributed by atoms with van der Waals surface area (Å²) in [7, 11) is 6.04. The van der Waals surface area contributed by atoms with Gasteiger partial charge in [-0.05, 0) is 44.8 Å². The smallest absolute Gasteiger partial charge is 0.475 e. The third-order valence-electron chi connectivity index (χ3n) is 4.42. The molecule has 0 saturated carbocycles. The molecule has 0 saturated heterocycles. The number of rotatable bonds is 3. The fraction of sp³-hybridized carbons (Fsp3) is 0.421. The molecule has 1 aliphatic rings. The Morgan fingerprint density at radius 2 is 1.80 bits per heavy atom. The number of carboxylic acid groups (broad SMARTS) is 1. The van der Waals surface area contributed by atoms with Gasteiger partial charge < -0.3 is 14.9 Å². The molecule has 2 heterocycles. The van der Waals surface area contributed by atoms with Gasteiger partial charge in [-0.1, -0.05) is 11.6 Å². The molecule has 7 nitrogen and oxygen atoms in total. The first-order valence-electron chi connectivity index (χ1n) is 8.93. The van der Waals surface area contributed by atoms with Crippen molar-refractivity contribution in [1.29, 1.82) is 0 Å². The molecule has 0 fully saturated rings. The van der Waals surface area contributed by atoms with Gasteiger partial charge in [0.2, 0.25) is 0 Å². The molecule has 1 aromatic carbocycles. The average Bonchev–Trinajstić information content (AvgIpc) is 2.96. The minimum Gasteiger partial charge on any atom is -0.475 e. The molecule has 0 spiro atoms. The van der Waals surface area contributed by atoms with Gasteiger partial charge in [-0.25, -0.2) is 4.79 Å². The topological polar surface area (TPSA) is 78.7 Å². The van der Waals surface area contributed by atoms with Gasteiger partial charge in [0.25, 0.3) is 5.91 Å². The monoisotopic (exact) mass is 446 g/mol. The molecule has 0 radical (unpaired) electrons. The third-order valence-corrected chi connectivity index (χ3v) is 4.67. The predicted molar refractivity (Wildman–Crippen MR) is 104 cm³/mol. The van der Waals surface area contributed by atoms with Crippen LogP contribution in [0.4, 0.5) is 13.2 Å². The molecule has 0 bridgehead atoms. The molecule has 0 unspecified atom stereocenters. The second-order valence-corrected chi connectivity index (χ2v) is 7.46. The zero-order chi connectivity index (χ0) is 22.6. The number of aromatic nitrogens is 2. The van der Waals surface area contributed by atoms with Crippen LogP contribution in [0.3, 0.4) is 0 Å². The summed E-state index contributed by atoms with van der Waals surface area (Å²) in [4.78, 5) is 25.6. The van der Waals surface area contributed by atoms with Crippen molar-refractivity contribution in [1.82, 2.24) is 19.6 Å². The van der Waals surface area contributed by atoms with Crippen molar-refractivity contribution in [3.63, 3.8) is 0 Å². The number of hydrogen-bond acceptors (Lipinski definition) is 4. The molecular formula is C19H22ClF3N4O3. The number of fused-ring (bicyclic) bond motifs is 1. The van der Waals surface area contributed by atoms with Gasteiger partial charge in [0.1, 0.15) is 0 Å². The second kappa shape index (κ2) is 9.48. The van der Waals surface area contributed by atoms with Crippen LogP contribution >= 0.6 is 11.6 Å². The fourth-order valence-corrected chi connectivity index (χ4v) is 3.16. The van der Waals surface area contributed by atoms with Crippen molar-refractivity contribution in [3.8, 4) is 0 Å². The van der Waals surface area contributed by atoms with Crippen LogP contribution in [0.5, 0.6) is 0 Å². The van der Waals surface area contributed by atoms with E-state index >= 15 is 0 Å². The van der Waals surface area contributed by atoms with Crippen molar-refractivity contribution in [2.45, 2.75) is 25.7 Å². The maximum Gasteiger partial charge on any atom is 0.490 e. The van der Waals surface area contributed by atoms with Crippen molar-refractivity contribution in [2.24, 2.45) is 7.05 Å². The Morgan fingerprint density at radius 1 is 1.23 bits per heavy atom. The van der Waals surface area contributed by atoms with Crippen molar-refractivity contribution < 1.29 is 27.9 Å². The Kier molecular flexibility index (Phi) is 7.49. The Morgan fingerprint density at radius 3 is 2.30 bits per heavy atom. The van der Waals surface area contributed by atoms with E-state index in [1.165, 1.54) is 5.56 Å². The first-order chi connectivity index (χ1) is 13.9. The number of carbonyl (C=O) groups excluding carboxylic acids is 1. The van der Waals surface area contributed by atoms with Gasteiger partial charge in [0.05, 0.1) is 17.9 Å². The molecule has 11 heteroatoms. The van der Waals surface area contributed by atoms with E-state index in [4.69, 9.17) is 21.5 Å². The van der Waals surface area contributed by atoms with Gasteiger partial charge in [-0.15, -0.1) is 0 Å². The normalized spacial score (nSPS) is 13.5. The summed E-state index contributed by atoms with van der Waals surface area (Å²) in [6, 6.07) is 7.06. The average molecular weight is 447 g/mol. The number of aliphatic carboxylic acids is 1. The Labute approximate surface area is 176 Å². The molecule has 0 aliphatic carbocycles. The molecule has 30 heavy (non-hydrogen) atoms. The standard InChI is InChI=1S/C17H21ClN4O.C2HF3O2/c1-20(2)10-15-14-8-9-22(11-16(14)21(3)19-15)17(23)12-4-6-13(18)7-5-12;3-2(4,5)1(6)7/h4-7H,8-11H2,1-3H3;(H,6,7). The first-order valence-corrected chi connectivity index (χ1v) is 9.31. The third kappa shape index (κ3) is 5.96. The summed E-state index contributed by atoms with van der Waals surface area (Å²) in [6.07, 6.45) is -4.23. The van der Waals surface area contributed by atoms with Crippen LogP contribution in [0.2, 0.25) is 5.02 Å². The number of halogens is 4. The SMILES string of the molecule is CN(C)Cc1nn(C)c2c1CCN(C(=O)c1ccc(Cl)cc1)C2.O=C(O)C(F)(F)F. The minimum absolute atomic E-state index is 0.0441. The summed E-state index contributed by atoms with van der Waals surface area (Å²) in [5, 5.41) is 12.4. The van der Waals surface area contributed by atoms with E-state index in [2.05, 4.69) is 10.00 Å². The lowest BCUT2D eigenvalue weighted by molar-refractivity contribution is -0.192. The Hall–Kier alpha value is -2.59. The van der Waals surface area contributed by atoms with Crippen molar-refractivity contribution in [3.05, 3.63) is 51.8 Å². The molecule has 1 aromatic heterocycles. The highest BCUT2D eigenvalue weighted by Gasteiger charge is 2.38. The number of nitrogens with zero attached hydrogens (tertiary/aromatic N) is 4. The van der Waals surface area contributed by atoms with Crippen LogP contribution in [0.25, 0.3) is 0 Å². The van der Waals surface area contributed by atoms with Crippen LogP contribution in [-0.2, 0) is 31.4 Å². The van der Waals surface area contributed by atoms with E-state index in [1.807, 2.05) is 30.7 Å². The highest BCUT2D eigenvalue weighted by atomic mass is 35.5. The lowest BCUT2D eigenvalue weighted by atomic mass is 10.0. The number of carboxylic acids is 1. The molecule has 1 N–H and O–H groups in total. The summed E-state index contributed by atoms with van der Waals surface area (Å²) in [6.45, 7) is 2.16. The number of benzene rings is 1. The number of carbonyl (C=O) groups is 2. The van der Waals surface area contributed by atoms with E-state index < -0.39 is 12.1 Å². The minimum atomic E-state index is -5.08. The van der Waals surface area contributed by atoms with E-state index in [0.717, 1.165) is 30.9 Å². The molecule has 164 valence electrons. The highest BCUT2D eigenvalue weighted by Crippen LogP contribution is 2.24. The quantitative estimate of drug-likeness (QED) is 0.784. The van der Waals surface area contributed by atoms with E-state index in [9.17, 15) is 18.0 Å². The van der Waals surface area contributed by atoms with Crippen LogP contribution in [0.1, 0.15) is 27.3 Å². The van der Waals surface area contributed by atoms with Gasteiger partial charge in [-0.2, -0.15) is 18.3 Å². The molecule has 3 rings (SSSR count). The summed E-state index contributed by atoms with van der Waals surface area (Å²) in [5.41, 5.74) is 4.22. The predicted octanol–water partition coefficient (Wildman–Crippen LogP) is 2.97. The van der Waals surface area contributed by atoms with Crippen LogP contribution < -0.4 is 0 Å². The zero-order valence-corrected chi connectivity index (χ0v) is 17.5. The van der Waals surface area contributed by atoms with Gasteiger partial charge in [-0.3, -0.25) is 9.48 Å². The lowest BCUT2D eigenvalue weighted by Crippen LogP contribution is -2.36. The Balaban J connectivity index is 0.000000396. The van der Waals surface area contributed by atoms with Crippen LogP contribution in [-0.4, -0.2) is 63.4 Å². The molecule has 1 aliphatic heterocycles. The number of alkyl halides is 3. The molecule has 1 amide bonds. The number of amides is 1. The maximum absolute atomic E-state index is 12.7. The van der Waals surface area contributed by atoms with Gasteiger partial charge in [0.15, 0.2) is 0 Å². The van der Waals surface area contributed by atoms with Crippen LogP contribution in [0, 0.1) is 0 Å². The molecule has 2 aromatic rings. The number of aryl methyl sites for hydroxylation is 1. The Bertz CT molecular complexity index is 911. The fourth-order valence-electron chi connectivity index (χ4n) is 3.03. The maximum atomic E-state index is 12.7. The van der Waals surface area contributed by atoms with E-state index in [1.54, 1.807) is 24.3 Å². The van der Waals surface area contributed by atoms with E-state index in [0.29, 0.717) is 17.1 Å². The van der Waals surface area contributed by atoms with Gasteiger partial charge >= 0.3 is 12.1 Å². The van der Waals surface area contributed by atoms with Crippen LogP contribution in [0.15, 0.2) is 24.3 Å². The number of hydrogen-bond donors (Lipinski definition) is 1. The van der Waals surface area contributed by atoms with E-state index in [-0.39, 0.29) is 5.91 Å². The molecular weight excluding hydrogens is 425 g/mol. The van der Waals surface area contributed by atoms with Crippen molar-refractivity contribution in [2.75, 3.05) is 20.6 Å². The largest absolute Gasteiger partial charge is 0.490 e. The lowest BCUT2D eigenvalue weighted by Gasteiger charge is -2.28. The zero-order valence-electron chi connectivity index (χ0n) is 16.7. The second-order valence-electron chi connectivity index (χ2n) is 7.02. The highest BCUT2D eigenvalue weighted by molar-refractivity contribution is 6.30. The van der Waals surface area contributed by atoms with Crippen molar-refractivity contribution >= 4 is 23.5 Å². The van der Waals surface area contributed by atoms with Gasteiger partial charge in [0, 0.05) is 36.3 Å². The summed E-state index contributed by atoms with van der Waals surface area (Å²) in [5.74, 6) is -2.71. The summed E-state index contributed by atoms with van der Waals surface area (Å²) < 4.78 is 33.6. The summed E-state index contributed by atoms with van der Waals surface area (Å²) >= 11 is 5.89.